The van der Waals surface area contributed by atoms with Crippen LogP contribution in [-0.4, -0.2) is 43.0 Å². The molecule has 0 unspecified atom stereocenters. The Morgan fingerprint density at radius 3 is 2.14 bits per heavy atom. The van der Waals surface area contributed by atoms with E-state index in [1.165, 1.54) is 0 Å². The quantitative estimate of drug-likeness (QED) is 0.819. The normalized spacial score (nSPS) is 23.7. The molecule has 1 aliphatic rings. The minimum absolute atomic E-state index is 0.333. The Hall–Kier alpha value is -0.810. The predicted octanol–water partition coefficient (Wildman–Crippen LogP) is 2.84. The maximum absolute atomic E-state index is 11.8. The molecular weight excluding hydrogens is 268 g/mol. The standard InChI is InChI=1S/C16H32N2O3/c1-15(2,3)21-14(19)18-16(4,5)11-17-12-7-9-13(20-6)10-8-12/h12-13,17H,7-11H2,1-6H3,(H,18,19). The molecule has 1 fully saturated rings. The maximum atomic E-state index is 11.8. The number of nitrogens with one attached hydrogen (secondary N) is 2. The van der Waals surface area contributed by atoms with Crippen molar-refractivity contribution in [2.75, 3.05) is 13.7 Å². The lowest BCUT2D eigenvalue weighted by Gasteiger charge is -2.33. The van der Waals surface area contributed by atoms with Gasteiger partial charge >= 0.3 is 6.09 Å². The Kier molecular flexibility index (Phi) is 6.47. The second kappa shape index (κ2) is 7.45. The zero-order chi connectivity index (χ0) is 16.1. The van der Waals surface area contributed by atoms with E-state index in [1.807, 2.05) is 34.6 Å². The van der Waals surface area contributed by atoms with Gasteiger partial charge in [0.15, 0.2) is 0 Å². The molecule has 0 radical (unpaired) electrons. The van der Waals surface area contributed by atoms with Gasteiger partial charge in [-0.3, -0.25) is 0 Å². The molecule has 0 aliphatic heterocycles. The van der Waals surface area contributed by atoms with Crippen LogP contribution in [0.1, 0.15) is 60.3 Å². The summed E-state index contributed by atoms with van der Waals surface area (Å²) in [4.78, 5) is 11.8. The molecule has 1 amide bonds. The van der Waals surface area contributed by atoms with E-state index in [2.05, 4.69) is 10.6 Å². The molecule has 1 saturated carbocycles. The van der Waals surface area contributed by atoms with Crippen LogP contribution in [0.4, 0.5) is 4.79 Å². The van der Waals surface area contributed by atoms with Gasteiger partial charge in [-0.2, -0.15) is 0 Å². The van der Waals surface area contributed by atoms with Gasteiger partial charge < -0.3 is 20.1 Å². The molecule has 0 heterocycles. The fourth-order valence-electron chi connectivity index (χ4n) is 2.53. The van der Waals surface area contributed by atoms with Gasteiger partial charge in [0.05, 0.1) is 11.6 Å². The third kappa shape index (κ3) is 7.67. The second-order valence-electron chi connectivity index (χ2n) is 7.60. The van der Waals surface area contributed by atoms with Crippen LogP contribution >= 0.6 is 0 Å². The molecule has 0 aromatic rings. The Bertz CT molecular complexity index is 329. The average molecular weight is 300 g/mol. The van der Waals surface area contributed by atoms with Crippen molar-refractivity contribution in [2.24, 2.45) is 0 Å². The largest absolute Gasteiger partial charge is 0.444 e. The third-order valence-electron chi connectivity index (χ3n) is 3.68. The van der Waals surface area contributed by atoms with E-state index in [1.54, 1.807) is 7.11 Å². The number of hydrogen-bond donors (Lipinski definition) is 2. The smallest absolute Gasteiger partial charge is 0.408 e. The fraction of sp³-hybridized carbons (Fsp3) is 0.938. The zero-order valence-corrected chi connectivity index (χ0v) is 14.4. The van der Waals surface area contributed by atoms with Gasteiger partial charge in [0.25, 0.3) is 0 Å². The van der Waals surface area contributed by atoms with Gasteiger partial charge in [-0.15, -0.1) is 0 Å². The van der Waals surface area contributed by atoms with E-state index < -0.39 is 5.60 Å². The number of carbonyl (C=O) groups is 1. The molecule has 0 atom stereocenters. The van der Waals surface area contributed by atoms with E-state index >= 15 is 0 Å². The van der Waals surface area contributed by atoms with Crippen molar-refractivity contribution in [2.45, 2.75) is 83.6 Å². The van der Waals surface area contributed by atoms with E-state index in [9.17, 15) is 4.79 Å². The summed E-state index contributed by atoms with van der Waals surface area (Å²) in [6, 6.07) is 0.510. The summed E-state index contributed by atoms with van der Waals surface area (Å²) in [6.45, 7) is 10.3. The lowest BCUT2D eigenvalue weighted by molar-refractivity contribution is 0.0462. The van der Waals surface area contributed by atoms with Crippen LogP contribution in [-0.2, 0) is 9.47 Å². The van der Waals surface area contributed by atoms with Crippen molar-refractivity contribution in [3.8, 4) is 0 Å². The molecule has 5 heteroatoms. The van der Waals surface area contributed by atoms with Crippen molar-refractivity contribution in [1.82, 2.24) is 10.6 Å². The first kappa shape index (κ1) is 18.2. The van der Waals surface area contributed by atoms with Crippen LogP contribution in [0.5, 0.6) is 0 Å². The molecule has 124 valence electrons. The molecule has 5 nitrogen and oxygen atoms in total. The van der Waals surface area contributed by atoms with Crippen molar-refractivity contribution < 1.29 is 14.3 Å². The summed E-state index contributed by atoms with van der Waals surface area (Å²) in [6.07, 6.45) is 4.51. The molecule has 0 aromatic carbocycles. The van der Waals surface area contributed by atoms with Gasteiger partial charge in [-0.1, -0.05) is 0 Å². The highest BCUT2D eigenvalue weighted by atomic mass is 16.6. The van der Waals surface area contributed by atoms with Gasteiger partial charge in [-0.25, -0.2) is 4.79 Å². The topological polar surface area (TPSA) is 59.6 Å². The van der Waals surface area contributed by atoms with Crippen LogP contribution in [0.2, 0.25) is 0 Å². The molecule has 1 aliphatic carbocycles. The zero-order valence-electron chi connectivity index (χ0n) is 14.4. The molecule has 0 bridgehead atoms. The predicted molar refractivity (Wildman–Crippen MR) is 84.5 cm³/mol. The Morgan fingerprint density at radius 1 is 1.10 bits per heavy atom. The SMILES string of the molecule is COC1CCC(NCC(C)(C)NC(=O)OC(C)(C)C)CC1. The summed E-state index contributed by atoms with van der Waals surface area (Å²) < 4.78 is 10.7. The molecule has 21 heavy (non-hydrogen) atoms. The molecule has 2 N–H and O–H groups in total. The Morgan fingerprint density at radius 2 is 1.67 bits per heavy atom. The summed E-state index contributed by atoms with van der Waals surface area (Å²) in [7, 11) is 1.78. The Balaban J connectivity index is 2.31. The van der Waals surface area contributed by atoms with E-state index in [4.69, 9.17) is 9.47 Å². The van der Waals surface area contributed by atoms with Gasteiger partial charge in [-0.05, 0) is 60.3 Å². The number of alkyl carbamates (subject to hydrolysis) is 1. The van der Waals surface area contributed by atoms with Crippen LogP contribution in [0, 0.1) is 0 Å². The van der Waals surface area contributed by atoms with Gasteiger partial charge in [0.1, 0.15) is 5.60 Å². The van der Waals surface area contributed by atoms with E-state index in [0.717, 1.165) is 32.2 Å². The van der Waals surface area contributed by atoms with Crippen LogP contribution in [0.3, 0.4) is 0 Å². The number of carbonyl (C=O) groups excluding carboxylic acids is 1. The fourth-order valence-corrected chi connectivity index (χ4v) is 2.53. The summed E-state index contributed by atoms with van der Waals surface area (Å²) in [5, 5.41) is 6.47. The molecule has 0 saturated heterocycles. The molecule has 0 aromatic heterocycles. The van der Waals surface area contributed by atoms with Crippen molar-refractivity contribution in [3.63, 3.8) is 0 Å². The van der Waals surface area contributed by atoms with Crippen molar-refractivity contribution in [1.29, 1.82) is 0 Å². The molecular formula is C16H32N2O3. The highest BCUT2D eigenvalue weighted by Crippen LogP contribution is 2.21. The highest BCUT2D eigenvalue weighted by molar-refractivity contribution is 5.68. The van der Waals surface area contributed by atoms with Crippen molar-refractivity contribution >= 4 is 6.09 Å². The van der Waals surface area contributed by atoms with Crippen LogP contribution < -0.4 is 10.6 Å². The van der Waals surface area contributed by atoms with E-state index in [0.29, 0.717) is 12.1 Å². The van der Waals surface area contributed by atoms with Crippen LogP contribution in [0.15, 0.2) is 0 Å². The number of hydrogen-bond acceptors (Lipinski definition) is 4. The second-order valence-corrected chi connectivity index (χ2v) is 7.60. The van der Waals surface area contributed by atoms with Gasteiger partial charge in [0.2, 0.25) is 0 Å². The maximum Gasteiger partial charge on any atom is 0.408 e. The average Bonchev–Trinajstić information content (AvgIpc) is 2.34. The first-order valence-corrected chi connectivity index (χ1v) is 7.89. The minimum atomic E-state index is -0.466. The third-order valence-corrected chi connectivity index (χ3v) is 3.68. The Labute approximate surface area is 129 Å². The van der Waals surface area contributed by atoms with Crippen molar-refractivity contribution in [3.05, 3.63) is 0 Å². The summed E-state index contributed by atoms with van der Waals surface area (Å²) in [5.74, 6) is 0. The monoisotopic (exact) mass is 300 g/mol. The summed E-state index contributed by atoms with van der Waals surface area (Å²) in [5.41, 5.74) is -0.799. The number of amides is 1. The number of rotatable bonds is 5. The highest BCUT2D eigenvalue weighted by Gasteiger charge is 2.26. The lowest BCUT2D eigenvalue weighted by atomic mass is 9.92. The molecule has 0 spiro atoms. The molecule has 1 rings (SSSR count). The first-order chi connectivity index (χ1) is 9.61. The van der Waals surface area contributed by atoms with Crippen LogP contribution in [0.25, 0.3) is 0 Å². The minimum Gasteiger partial charge on any atom is -0.444 e. The van der Waals surface area contributed by atoms with Gasteiger partial charge in [0, 0.05) is 19.7 Å². The van der Waals surface area contributed by atoms with E-state index in [-0.39, 0.29) is 11.6 Å². The lowest BCUT2D eigenvalue weighted by Crippen LogP contribution is -2.53. The number of methoxy groups -OCH3 is 1. The first-order valence-electron chi connectivity index (χ1n) is 7.89. The number of ether oxygens (including phenoxy) is 2. The summed E-state index contributed by atoms with van der Waals surface area (Å²) >= 11 is 0.